The van der Waals surface area contributed by atoms with Crippen molar-refractivity contribution in [3.8, 4) is 11.8 Å². The molecule has 3 fully saturated rings. The van der Waals surface area contributed by atoms with E-state index >= 15 is 0 Å². The zero-order chi connectivity index (χ0) is 17.9. The number of fused-ring (bicyclic) bond motifs is 2. The van der Waals surface area contributed by atoms with Crippen LogP contribution in [0.2, 0.25) is 0 Å². The van der Waals surface area contributed by atoms with Crippen molar-refractivity contribution in [2.24, 2.45) is 17.8 Å². The number of likely N-dealkylation sites (tertiary alicyclic amines) is 2. The van der Waals surface area contributed by atoms with Crippen molar-refractivity contribution in [1.29, 1.82) is 5.26 Å². The molecule has 26 heavy (non-hydrogen) atoms. The Labute approximate surface area is 156 Å². The van der Waals surface area contributed by atoms with E-state index in [0.29, 0.717) is 24.5 Å². The first-order valence-corrected chi connectivity index (χ1v) is 9.93. The topological polar surface area (TPSA) is 59.7 Å². The number of nitriles is 1. The molecule has 0 spiro atoms. The van der Waals surface area contributed by atoms with Crippen LogP contribution >= 0.6 is 0 Å². The van der Waals surface area contributed by atoms with Gasteiger partial charge in [-0.1, -0.05) is 0 Å². The van der Waals surface area contributed by atoms with E-state index in [2.05, 4.69) is 15.9 Å². The lowest BCUT2D eigenvalue weighted by Crippen LogP contribution is -2.54. The van der Waals surface area contributed by atoms with Gasteiger partial charge < -0.3 is 14.7 Å². The largest absolute Gasteiger partial charge is 0.491 e. The van der Waals surface area contributed by atoms with Gasteiger partial charge in [-0.25, -0.2) is 0 Å². The lowest BCUT2D eigenvalue weighted by molar-refractivity contribution is -0.000926. The first-order valence-electron chi connectivity index (χ1n) is 9.93. The summed E-state index contributed by atoms with van der Waals surface area (Å²) in [5.74, 6) is 3.20. The van der Waals surface area contributed by atoms with Crippen molar-refractivity contribution < 1.29 is 9.84 Å². The van der Waals surface area contributed by atoms with Crippen molar-refractivity contribution in [3.63, 3.8) is 0 Å². The van der Waals surface area contributed by atoms with Crippen LogP contribution in [0.5, 0.6) is 5.75 Å². The van der Waals surface area contributed by atoms with Gasteiger partial charge >= 0.3 is 0 Å². The third kappa shape index (κ3) is 4.76. The lowest BCUT2D eigenvalue weighted by atomic mass is 9.84. The van der Waals surface area contributed by atoms with Gasteiger partial charge in [-0.3, -0.25) is 4.90 Å². The molecule has 2 saturated heterocycles. The van der Waals surface area contributed by atoms with Crippen LogP contribution in [0.25, 0.3) is 0 Å². The number of rotatable bonds is 7. The number of β-amino-alcohol motifs (C(OH)–C–C–N with tert-alkyl or cyclic N) is 1. The summed E-state index contributed by atoms with van der Waals surface area (Å²) >= 11 is 0. The van der Waals surface area contributed by atoms with Gasteiger partial charge in [0.2, 0.25) is 0 Å². The summed E-state index contributed by atoms with van der Waals surface area (Å²) in [6.45, 7) is 6.98. The highest BCUT2D eigenvalue weighted by Crippen LogP contribution is 2.34. The molecule has 2 aliphatic heterocycles. The number of hydrogen-bond donors (Lipinski definition) is 1. The number of benzene rings is 1. The van der Waals surface area contributed by atoms with Gasteiger partial charge in [0.15, 0.2) is 0 Å². The summed E-state index contributed by atoms with van der Waals surface area (Å²) in [6, 6.07) is 9.13. The Kier molecular flexibility index (Phi) is 5.44. The molecule has 140 valence electrons. The summed E-state index contributed by atoms with van der Waals surface area (Å²) in [5, 5.41) is 19.2. The number of hydrogen-bond acceptors (Lipinski definition) is 5. The summed E-state index contributed by atoms with van der Waals surface area (Å²) in [7, 11) is 0. The normalized spacial score (nSPS) is 27.7. The summed E-state index contributed by atoms with van der Waals surface area (Å²) in [5.41, 5.74) is 0.619. The van der Waals surface area contributed by atoms with E-state index in [0.717, 1.165) is 30.8 Å². The van der Waals surface area contributed by atoms with Crippen LogP contribution in [-0.2, 0) is 0 Å². The van der Waals surface area contributed by atoms with Crippen molar-refractivity contribution in [2.75, 3.05) is 45.9 Å². The molecule has 1 saturated carbocycles. The highest BCUT2D eigenvalue weighted by atomic mass is 16.5. The molecule has 4 rings (SSSR count). The quantitative estimate of drug-likeness (QED) is 0.810. The highest BCUT2D eigenvalue weighted by molar-refractivity contribution is 5.34. The van der Waals surface area contributed by atoms with Crippen molar-refractivity contribution >= 4 is 0 Å². The number of piperidine rings is 2. The summed E-state index contributed by atoms with van der Waals surface area (Å²) in [4.78, 5) is 5.12. The van der Waals surface area contributed by atoms with Crippen LogP contribution in [0, 0.1) is 29.1 Å². The van der Waals surface area contributed by atoms with E-state index in [4.69, 9.17) is 10.00 Å². The molecule has 2 bridgehead atoms. The van der Waals surface area contributed by atoms with Crippen LogP contribution in [0.3, 0.4) is 0 Å². The SMILES string of the molecule is N#Cc1ccc(OCC(O)CN2CC3CC(C2)CN(CC2CC2)C3)cc1. The second kappa shape index (κ2) is 7.96. The summed E-state index contributed by atoms with van der Waals surface area (Å²) in [6.07, 6.45) is 3.74. The molecule has 3 aliphatic rings. The minimum Gasteiger partial charge on any atom is -0.491 e. The van der Waals surface area contributed by atoms with E-state index in [1.165, 1.54) is 38.9 Å². The first-order chi connectivity index (χ1) is 12.7. The lowest BCUT2D eigenvalue weighted by Gasteiger charge is -2.46. The average molecular weight is 355 g/mol. The molecule has 1 aromatic rings. The van der Waals surface area contributed by atoms with Gasteiger partial charge in [-0.05, 0) is 61.3 Å². The standard InChI is InChI=1S/C21H29N3O2/c22-8-16-3-5-21(6-4-16)26-15-20(25)14-24-12-18-7-19(13-24)11-23(10-18)9-17-1-2-17/h3-6,17-20,25H,1-2,7,9-15H2. The fraction of sp³-hybridized carbons (Fsp3) is 0.667. The molecule has 3 atom stereocenters. The molecular weight excluding hydrogens is 326 g/mol. The Morgan fingerprint density at radius 1 is 1.08 bits per heavy atom. The first kappa shape index (κ1) is 17.8. The molecule has 0 radical (unpaired) electrons. The number of aliphatic hydroxyl groups excluding tert-OH is 1. The third-order valence-electron chi connectivity index (χ3n) is 5.84. The van der Waals surface area contributed by atoms with Gasteiger partial charge in [0, 0.05) is 39.3 Å². The maximum Gasteiger partial charge on any atom is 0.119 e. The molecule has 1 aliphatic carbocycles. The number of nitrogens with zero attached hydrogens (tertiary/aromatic N) is 3. The second-order valence-electron chi connectivity index (χ2n) is 8.45. The molecule has 5 heteroatoms. The molecule has 1 N–H and O–H groups in total. The molecule has 5 nitrogen and oxygen atoms in total. The predicted molar refractivity (Wildman–Crippen MR) is 99.9 cm³/mol. The number of ether oxygens (including phenoxy) is 1. The molecule has 1 aromatic carbocycles. The fourth-order valence-corrected chi connectivity index (χ4v) is 4.63. The molecule has 3 unspecified atom stereocenters. The maximum absolute atomic E-state index is 10.4. The van der Waals surface area contributed by atoms with E-state index in [-0.39, 0.29) is 0 Å². The van der Waals surface area contributed by atoms with Gasteiger partial charge in [-0.15, -0.1) is 0 Å². The smallest absolute Gasteiger partial charge is 0.119 e. The van der Waals surface area contributed by atoms with Gasteiger partial charge in [0.05, 0.1) is 11.6 Å². The van der Waals surface area contributed by atoms with Crippen molar-refractivity contribution in [3.05, 3.63) is 29.8 Å². The minimum atomic E-state index is -0.480. The Bertz CT molecular complexity index is 624. The Hall–Kier alpha value is -1.61. The van der Waals surface area contributed by atoms with Crippen LogP contribution in [0.15, 0.2) is 24.3 Å². The van der Waals surface area contributed by atoms with Gasteiger partial charge in [-0.2, -0.15) is 5.26 Å². The molecule has 2 heterocycles. The molecule has 0 aromatic heterocycles. The Balaban J connectivity index is 1.21. The zero-order valence-corrected chi connectivity index (χ0v) is 15.4. The van der Waals surface area contributed by atoms with E-state index in [9.17, 15) is 5.11 Å². The molecule has 0 amide bonds. The highest BCUT2D eigenvalue weighted by Gasteiger charge is 2.36. The minimum absolute atomic E-state index is 0.297. The molecular formula is C21H29N3O2. The van der Waals surface area contributed by atoms with Crippen molar-refractivity contribution in [2.45, 2.75) is 25.4 Å². The second-order valence-corrected chi connectivity index (χ2v) is 8.45. The van der Waals surface area contributed by atoms with E-state index in [1.807, 2.05) is 0 Å². The summed E-state index contributed by atoms with van der Waals surface area (Å²) < 4.78 is 5.68. The van der Waals surface area contributed by atoms with Crippen LogP contribution < -0.4 is 4.74 Å². The van der Waals surface area contributed by atoms with Gasteiger partial charge in [0.25, 0.3) is 0 Å². The average Bonchev–Trinajstić information content (AvgIpc) is 3.43. The van der Waals surface area contributed by atoms with E-state index < -0.39 is 6.10 Å². The predicted octanol–water partition coefficient (Wildman–Crippen LogP) is 1.96. The third-order valence-corrected chi connectivity index (χ3v) is 5.84. The zero-order valence-electron chi connectivity index (χ0n) is 15.4. The van der Waals surface area contributed by atoms with E-state index in [1.54, 1.807) is 24.3 Å². The Morgan fingerprint density at radius 2 is 1.73 bits per heavy atom. The van der Waals surface area contributed by atoms with Crippen LogP contribution in [0.1, 0.15) is 24.8 Å². The van der Waals surface area contributed by atoms with Crippen LogP contribution in [-0.4, -0.2) is 66.9 Å². The number of aliphatic hydroxyl groups is 1. The fourth-order valence-electron chi connectivity index (χ4n) is 4.63. The van der Waals surface area contributed by atoms with Crippen LogP contribution in [0.4, 0.5) is 0 Å². The maximum atomic E-state index is 10.4. The monoisotopic (exact) mass is 355 g/mol. The Morgan fingerprint density at radius 3 is 2.35 bits per heavy atom. The van der Waals surface area contributed by atoms with Gasteiger partial charge in [0.1, 0.15) is 18.5 Å². The van der Waals surface area contributed by atoms with Crippen molar-refractivity contribution in [1.82, 2.24) is 9.80 Å².